The number of nitrogen functional groups attached to an aromatic ring is 1. The molecule has 0 spiro atoms. The number of hydrogen-bond acceptors (Lipinski definition) is 4. The Hall–Kier alpha value is -1.75. The molecule has 1 aromatic carbocycles. The van der Waals surface area contributed by atoms with Crippen molar-refractivity contribution < 1.29 is 14.6 Å². The van der Waals surface area contributed by atoms with Gasteiger partial charge in [0.05, 0.1) is 12.3 Å². The topological polar surface area (TPSA) is 75.8 Å². The number of benzene rings is 1. The van der Waals surface area contributed by atoms with Crippen LogP contribution in [0.25, 0.3) is 0 Å². The molecule has 1 aromatic rings. The lowest BCUT2D eigenvalue weighted by atomic mass is 10.2. The van der Waals surface area contributed by atoms with Gasteiger partial charge < -0.3 is 20.5 Å². The van der Waals surface area contributed by atoms with Crippen LogP contribution in [0.2, 0.25) is 0 Å². The molecule has 0 aromatic heterocycles. The van der Waals surface area contributed by atoms with Crippen LogP contribution in [0.4, 0.5) is 11.4 Å². The van der Waals surface area contributed by atoms with Crippen molar-refractivity contribution in [3.63, 3.8) is 0 Å². The van der Waals surface area contributed by atoms with E-state index in [-0.39, 0.29) is 25.7 Å². The molecule has 15 heavy (non-hydrogen) atoms. The third-order valence-corrected chi connectivity index (χ3v) is 2.25. The first-order valence-electron chi connectivity index (χ1n) is 4.66. The molecule has 0 fully saturated rings. The first-order chi connectivity index (χ1) is 7.22. The molecule has 5 heteroatoms. The van der Waals surface area contributed by atoms with E-state index in [4.69, 9.17) is 15.6 Å². The van der Waals surface area contributed by atoms with Gasteiger partial charge >= 0.3 is 0 Å². The van der Waals surface area contributed by atoms with Crippen LogP contribution < -0.4 is 15.4 Å². The Morgan fingerprint density at radius 1 is 1.53 bits per heavy atom. The number of anilines is 2. The zero-order chi connectivity index (χ0) is 10.8. The van der Waals surface area contributed by atoms with Crippen LogP contribution in [0.15, 0.2) is 18.2 Å². The largest absolute Gasteiger partial charge is 0.481 e. The second kappa shape index (κ2) is 3.78. The monoisotopic (exact) mass is 208 g/mol. The molecule has 1 aliphatic rings. The van der Waals surface area contributed by atoms with Crippen LogP contribution in [0, 0.1) is 0 Å². The van der Waals surface area contributed by atoms with Crippen LogP contribution in [0.1, 0.15) is 0 Å². The molecular weight excluding hydrogens is 196 g/mol. The fourth-order valence-electron chi connectivity index (χ4n) is 1.57. The Morgan fingerprint density at radius 2 is 2.33 bits per heavy atom. The molecule has 3 N–H and O–H groups in total. The van der Waals surface area contributed by atoms with Crippen LogP contribution in [0.5, 0.6) is 5.75 Å². The Kier molecular flexibility index (Phi) is 2.47. The number of carbonyl (C=O) groups excluding carboxylic acids is 1. The van der Waals surface area contributed by atoms with Gasteiger partial charge in [0.15, 0.2) is 6.61 Å². The Morgan fingerprint density at radius 3 is 3.07 bits per heavy atom. The van der Waals surface area contributed by atoms with Gasteiger partial charge in [-0.3, -0.25) is 4.79 Å². The molecular formula is C10H12N2O3. The maximum absolute atomic E-state index is 11.5. The van der Waals surface area contributed by atoms with Gasteiger partial charge in [-0.2, -0.15) is 0 Å². The predicted molar refractivity (Wildman–Crippen MR) is 55.8 cm³/mol. The van der Waals surface area contributed by atoms with E-state index in [0.29, 0.717) is 17.1 Å². The lowest BCUT2D eigenvalue weighted by Crippen LogP contribution is -2.40. The average molecular weight is 208 g/mol. The molecule has 80 valence electrons. The SMILES string of the molecule is Nc1ccc2c(c1)OCC(=O)N2CCO. The lowest BCUT2D eigenvalue weighted by molar-refractivity contribution is -0.121. The van der Waals surface area contributed by atoms with E-state index in [9.17, 15) is 4.79 Å². The summed E-state index contributed by atoms with van der Waals surface area (Å²) in [4.78, 5) is 13.0. The highest BCUT2D eigenvalue weighted by atomic mass is 16.5. The zero-order valence-electron chi connectivity index (χ0n) is 8.14. The smallest absolute Gasteiger partial charge is 0.265 e. The molecule has 5 nitrogen and oxygen atoms in total. The minimum Gasteiger partial charge on any atom is -0.481 e. The van der Waals surface area contributed by atoms with Gasteiger partial charge in [-0.25, -0.2) is 0 Å². The number of nitrogens with zero attached hydrogens (tertiary/aromatic N) is 1. The van der Waals surface area contributed by atoms with E-state index in [1.807, 2.05) is 0 Å². The first-order valence-corrected chi connectivity index (χ1v) is 4.66. The van der Waals surface area contributed by atoms with E-state index in [2.05, 4.69) is 0 Å². The van der Waals surface area contributed by atoms with Crippen LogP contribution in [-0.2, 0) is 4.79 Å². The second-order valence-corrected chi connectivity index (χ2v) is 3.28. The maximum Gasteiger partial charge on any atom is 0.265 e. The van der Waals surface area contributed by atoms with Crippen molar-refractivity contribution in [2.45, 2.75) is 0 Å². The summed E-state index contributed by atoms with van der Waals surface area (Å²) in [6.45, 7) is 0.200. The maximum atomic E-state index is 11.5. The summed E-state index contributed by atoms with van der Waals surface area (Å²) in [5.41, 5.74) is 6.85. The normalized spacial score (nSPS) is 14.7. The van der Waals surface area contributed by atoms with Crippen LogP contribution in [-0.4, -0.2) is 30.8 Å². The summed E-state index contributed by atoms with van der Waals surface area (Å²) in [6, 6.07) is 5.09. The van der Waals surface area contributed by atoms with E-state index < -0.39 is 0 Å². The summed E-state index contributed by atoms with van der Waals surface area (Å²) in [5, 5.41) is 8.86. The third kappa shape index (κ3) is 1.73. The number of fused-ring (bicyclic) bond motifs is 1. The average Bonchev–Trinajstić information content (AvgIpc) is 2.22. The number of aliphatic hydroxyl groups excluding tert-OH is 1. The Balaban J connectivity index is 2.39. The van der Waals surface area contributed by atoms with Gasteiger partial charge in [-0.05, 0) is 12.1 Å². The van der Waals surface area contributed by atoms with Gasteiger partial charge in [0, 0.05) is 18.3 Å². The molecule has 2 rings (SSSR count). The van der Waals surface area contributed by atoms with E-state index >= 15 is 0 Å². The standard InChI is InChI=1S/C10H12N2O3/c11-7-1-2-8-9(5-7)15-6-10(14)12(8)3-4-13/h1-2,5,13H,3-4,6,11H2. The van der Waals surface area contributed by atoms with E-state index in [1.54, 1.807) is 18.2 Å². The highest BCUT2D eigenvalue weighted by Crippen LogP contribution is 2.33. The third-order valence-electron chi connectivity index (χ3n) is 2.25. The van der Waals surface area contributed by atoms with Crippen molar-refractivity contribution in [3.8, 4) is 5.75 Å². The number of nitrogens with two attached hydrogens (primary N) is 1. The molecule has 1 aliphatic heterocycles. The van der Waals surface area contributed by atoms with Crippen LogP contribution >= 0.6 is 0 Å². The molecule has 0 aliphatic carbocycles. The van der Waals surface area contributed by atoms with E-state index in [1.165, 1.54) is 4.90 Å². The summed E-state index contributed by atoms with van der Waals surface area (Å²) in [6.07, 6.45) is 0. The van der Waals surface area contributed by atoms with Crippen molar-refractivity contribution in [1.82, 2.24) is 0 Å². The highest BCUT2D eigenvalue weighted by Gasteiger charge is 2.24. The van der Waals surface area contributed by atoms with Crippen molar-refractivity contribution in [3.05, 3.63) is 18.2 Å². The number of amides is 1. The Labute approximate surface area is 87.1 Å². The first kappa shape index (κ1) is 9.79. The molecule has 0 radical (unpaired) electrons. The predicted octanol–water partition coefficient (Wildman–Crippen LogP) is -0.0135. The number of rotatable bonds is 2. The lowest BCUT2D eigenvalue weighted by Gasteiger charge is -2.28. The summed E-state index contributed by atoms with van der Waals surface area (Å²) in [7, 11) is 0. The quantitative estimate of drug-likeness (QED) is 0.670. The minimum absolute atomic E-state index is 0.00352. The second-order valence-electron chi connectivity index (χ2n) is 3.28. The van der Waals surface area contributed by atoms with Gasteiger partial charge in [-0.1, -0.05) is 0 Å². The van der Waals surface area contributed by atoms with Gasteiger partial charge in [0.1, 0.15) is 5.75 Å². The molecule has 1 amide bonds. The molecule has 0 unspecified atom stereocenters. The van der Waals surface area contributed by atoms with Gasteiger partial charge in [0.2, 0.25) is 0 Å². The van der Waals surface area contributed by atoms with E-state index in [0.717, 1.165) is 0 Å². The zero-order valence-corrected chi connectivity index (χ0v) is 8.14. The molecule has 0 saturated heterocycles. The van der Waals surface area contributed by atoms with Crippen LogP contribution in [0.3, 0.4) is 0 Å². The van der Waals surface area contributed by atoms with Crippen molar-refractivity contribution in [1.29, 1.82) is 0 Å². The van der Waals surface area contributed by atoms with Crippen molar-refractivity contribution >= 4 is 17.3 Å². The fourth-order valence-corrected chi connectivity index (χ4v) is 1.57. The number of carbonyl (C=O) groups is 1. The number of ether oxygens (including phenoxy) is 1. The number of hydrogen-bond donors (Lipinski definition) is 2. The highest BCUT2D eigenvalue weighted by molar-refractivity contribution is 5.98. The van der Waals surface area contributed by atoms with Crippen molar-refractivity contribution in [2.24, 2.45) is 0 Å². The summed E-state index contributed by atoms with van der Waals surface area (Å²) < 4.78 is 5.24. The summed E-state index contributed by atoms with van der Waals surface area (Å²) >= 11 is 0. The van der Waals surface area contributed by atoms with Gasteiger partial charge in [0.25, 0.3) is 5.91 Å². The molecule has 1 heterocycles. The van der Waals surface area contributed by atoms with Gasteiger partial charge in [-0.15, -0.1) is 0 Å². The summed E-state index contributed by atoms with van der Waals surface area (Å²) in [5.74, 6) is 0.435. The molecule has 0 atom stereocenters. The number of β-amino-alcohol motifs (C(OH)–C–C–N with tert-alkyl or cyclic N) is 1. The fraction of sp³-hybridized carbons (Fsp3) is 0.300. The molecule has 0 bridgehead atoms. The minimum atomic E-state index is -0.152. The van der Waals surface area contributed by atoms with Crippen molar-refractivity contribution in [2.75, 3.05) is 30.4 Å². The number of aliphatic hydroxyl groups is 1. The molecule has 0 saturated carbocycles. The Bertz CT molecular complexity index is 392.